The lowest BCUT2D eigenvalue weighted by molar-refractivity contribution is -0.133. The van der Waals surface area contributed by atoms with Gasteiger partial charge >= 0.3 is 0 Å². The summed E-state index contributed by atoms with van der Waals surface area (Å²) in [5.41, 5.74) is 0.584. The molecule has 1 aliphatic rings. The second-order valence-corrected chi connectivity index (χ2v) is 4.35. The summed E-state index contributed by atoms with van der Waals surface area (Å²) in [5, 5.41) is 10.5. The summed E-state index contributed by atoms with van der Waals surface area (Å²) in [4.78, 5) is 0. The normalized spacial score (nSPS) is 20.3. The number of rotatable bonds is 5. The maximum absolute atomic E-state index is 10.5. The number of hydrogen-bond donors (Lipinski definition) is 1. The molecule has 0 aromatic heterocycles. The Kier molecular flexibility index (Phi) is 5.05. The Morgan fingerprint density at radius 2 is 1.85 bits per heavy atom. The zero-order valence-electron chi connectivity index (χ0n) is 11.9. The zero-order chi connectivity index (χ0) is 14.5. The summed E-state index contributed by atoms with van der Waals surface area (Å²) in [6.45, 7) is 1.36. The zero-order valence-corrected chi connectivity index (χ0v) is 11.9. The predicted molar refractivity (Wildman–Crippen MR) is 71.6 cm³/mol. The molecule has 1 aromatic carbocycles. The summed E-state index contributed by atoms with van der Waals surface area (Å²) in [6.07, 6.45) is -1.28. The molecule has 1 aliphatic heterocycles. The Morgan fingerprint density at radius 3 is 2.40 bits per heavy atom. The molecule has 2 unspecified atom stereocenters. The minimum atomic E-state index is -0.856. The number of benzene rings is 1. The highest BCUT2D eigenvalue weighted by atomic mass is 16.6. The van der Waals surface area contributed by atoms with E-state index in [-0.39, 0.29) is 0 Å². The van der Waals surface area contributed by atoms with Crippen LogP contribution in [-0.4, -0.2) is 52.4 Å². The molecule has 0 radical (unpaired) electrons. The van der Waals surface area contributed by atoms with Crippen molar-refractivity contribution in [2.45, 2.75) is 12.2 Å². The summed E-state index contributed by atoms with van der Waals surface area (Å²) < 4.78 is 26.7. The third-order valence-electron chi connectivity index (χ3n) is 3.25. The molecular weight excluding hydrogens is 264 g/mol. The summed E-state index contributed by atoms with van der Waals surface area (Å²) >= 11 is 0. The van der Waals surface area contributed by atoms with E-state index in [0.717, 1.165) is 0 Å². The van der Waals surface area contributed by atoms with E-state index in [9.17, 15) is 5.11 Å². The first-order valence-corrected chi connectivity index (χ1v) is 6.39. The number of aliphatic hydroxyl groups is 1. The first-order chi connectivity index (χ1) is 9.72. The van der Waals surface area contributed by atoms with Crippen molar-refractivity contribution in [1.29, 1.82) is 0 Å². The van der Waals surface area contributed by atoms with Crippen LogP contribution in [0.2, 0.25) is 0 Å². The van der Waals surface area contributed by atoms with Crippen LogP contribution in [0, 0.1) is 0 Å². The molecule has 0 spiro atoms. The van der Waals surface area contributed by atoms with Gasteiger partial charge in [-0.15, -0.1) is 0 Å². The number of aliphatic hydroxyl groups excluding tert-OH is 1. The second kappa shape index (κ2) is 6.78. The van der Waals surface area contributed by atoms with E-state index >= 15 is 0 Å². The van der Waals surface area contributed by atoms with Crippen LogP contribution in [0.25, 0.3) is 0 Å². The minimum Gasteiger partial charge on any atom is -0.493 e. The standard InChI is InChI=1S/C14H20O6/c1-16-10-5-4-9(13(17-2)14(10)18-3)12(15)11-8-19-6-7-20-11/h4-5,11-12,15H,6-8H2,1-3H3. The molecule has 0 bridgehead atoms. The van der Waals surface area contributed by atoms with Gasteiger partial charge in [-0.25, -0.2) is 0 Å². The lowest BCUT2D eigenvalue weighted by Crippen LogP contribution is -2.34. The molecule has 2 rings (SSSR count). The van der Waals surface area contributed by atoms with E-state index in [1.165, 1.54) is 14.2 Å². The van der Waals surface area contributed by atoms with Crippen LogP contribution >= 0.6 is 0 Å². The van der Waals surface area contributed by atoms with Gasteiger partial charge in [-0.3, -0.25) is 0 Å². The molecule has 6 heteroatoms. The van der Waals surface area contributed by atoms with Crippen LogP contribution in [0.15, 0.2) is 12.1 Å². The molecular formula is C14H20O6. The van der Waals surface area contributed by atoms with Gasteiger partial charge in [0.05, 0.1) is 41.2 Å². The Hall–Kier alpha value is -1.50. The van der Waals surface area contributed by atoms with Gasteiger partial charge in [0.1, 0.15) is 12.2 Å². The average molecular weight is 284 g/mol. The second-order valence-electron chi connectivity index (χ2n) is 4.35. The van der Waals surface area contributed by atoms with Crippen LogP contribution in [0.4, 0.5) is 0 Å². The molecule has 112 valence electrons. The predicted octanol–water partition coefficient (Wildman–Crippen LogP) is 1.16. The van der Waals surface area contributed by atoms with E-state index in [4.69, 9.17) is 23.7 Å². The molecule has 2 atom stereocenters. The molecule has 20 heavy (non-hydrogen) atoms. The largest absolute Gasteiger partial charge is 0.493 e. The number of methoxy groups -OCH3 is 3. The fourth-order valence-corrected chi connectivity index (χ4v) is 2.25. The lowest BCUT2D eigenvalue weighted by atomic mass is 10.0. The van der Waals surface area contributed by atoms with Crippen molar-refractivity contribution < 1.29 is 28.8 Å². The van der Waals surface area contributed by atoms with Gasteiger partial charge in [0.15, 0.2) is 11.5 Å². The van der Waals surface area contributed by atoms with E-state index in [0.29, 0.717) is 42.6 Å². The van der Waals surface area contributed by atoms with Crippen LogP contribution in [0.1, 0.15) is 11.7 Å². The van der Waals surface area contributed by atoms with Crippen molar-refractivity contribution in [1.82, 2.24) is 0 Å². The first-order valence-electron chi connectivity index (χ1n) is 6.39. The highest BCUT2D eigenvalue weighted by molar-refractivity contribution is 5.56. The Bertz CT molecular complexity index is 442. The highest BCUT2D eigenvalue weighted by Crippen LogP contribution is 2.43. The van der Waals surface area contributed by atoms with Crippen molar-refractivity contribution in [3.05, 3.63) is 17.7 Å². The molecule has 1 aromatic rings. The van der Waals surface area contributed by atoms with Crippen molar-refractivity contribution >= 4 is 0 Å². The lowest BCUT2D eigenvalue weighted by Gasteiger charge is -2.28. The quantitative estimate of drug-likeness (QED) is 0.875. The smallest absolute Gasteiger partial charge is 0.203 e. The van der Waals surface area contributed by atoms with Gasteiger partial charge < -0.3 is 28.8 Å². The van der Waals surface area contributed by atoms with Crippen molar-refractivity contribution in [2.75, 3.05) is 41.2 Å². The Morgan fingerprint density at radius 1 is 1.10 bits per heavy atom. The Balaban J connectivity index is 2.34. The maximum atomic E-state index is 10.5. The maximum Gasteiger partial charge on any atom is 0.203 e. The van der Waals surface area contributed by atoms with Gasteiger partial charge in [-0.05, 0) is 12.1 Å². The van der Waals surface area contributed by atoms with Crippen LogP contribution < -0.4 is 14.2 Å². The summed E-state index contributed by atoms with van der Waals surface area (Å²) in [5.74, 6) is 1.43. The molecule has 1 fully saturated rings. The van der Waals surface area contributed by atoms with Crippen LogP contribution in [0.3, 0.4) is 0 Å². The van der Waals surface area contributed by atoms with Gasteiger partial charge in [-0.2, -0.15) is 0 Å². The molecule has 1 heterocycles. The summed E-state index contributed by atoms with van der Waals surface area (Å²) in [7, 11) is 4.59. The average Bonchev–Trinajstić information content (AvgIpc) is 2.53. The van der Waals surface area contributed by atoms with E-state index in [2.05, 4.69) is 0 Å². The van der Waals surface area contributed by atoms with E-state index in [1.54, 1.807) is 19.2 Å². The molecule has 1 N–H and O–H groups in total. The number of ether oxygens (including phenoxy) is 5. The van der Waals surface area contributed by atoms with E-state index < -0.39 is 12.2 Å². The summed E-state index contributed by atoms with van der Waals surface area (Å²) in [6, 6.07) is 3.46. The Labute approximate surface area is 118 Å². The minimum absolute atomic E-state index is 0.346. The van der Waals surface area contributed by atoms with Crippen molar-refractivity contribution in [2.24, 2.45) is 0 Å². The van der Waals surface area contributed by atoms with Crippen molar-refractivity contribution in [3.8, 4) is 17.2 Å². The van der Waals surface area contributed by atoms with Gasteiger partial charge in [0, 0.05) is 5.56 Å². The fourth-order valence-electron chi connectivity index (χ4n) is 2.25. The van der Waals surface area contributed by atoms with Gasteiger partial charge in [0.25, 0.3) is 0 Å². The third kappa shape index (κ3) is 2.82. The fraction of sp³-hybridized carbons (Fsp3) is 0.571. The molecule has 6 nitrogen and oxygen atoms in total. The number of hydrogen-bond acceptors (Lipinski definition) is 6. The SMILES string of the molecule is COc1ccc(C(O)C2COCCO2)c(OC)c1OC. The van der Waals surface area contributed by atoms with Crippen molar-refractivity contribution in [3.63, 3.8) is 0 Å². The van der Waals surface area contributed by atoms with Crippen LogP contribution in [-0.2, 0) is 9.47 Å². The van der Waals surface area contributed by atoms with E-state index in [1.807, 2.05) is 0 Å². The first kappa shape index (κ1) is 14.9. The van der Waals surface area contributed by atoms with Crippen LogP contribution in [0.5, 0.6) is 17.2 Å². The monoisotopic (exact) mass is 284 g/mol. The topological polar surface area (TPSA) is 66.4 Å². The molecule has 1 saturated heterocycles. The van der Waals surface area contributed by atoms with Gasteiger partial charge in [0.2, 0.25) is 5.75 Å². The highest BCUT2D eigenvalue weighted by Gasteiger charge is 2.29. The molecule has 0 saturated carbocycles. The molecule has 0 amide bonds. The molecule has 0 aliphatic carbocycles. The van der Waals surface area contributed by atoms with Gasteiger partial charge in [-0.1, -0.05) is 0 Å². The third-order valence-corrected chi connectivity index (χ3v) is 3.25.